The monoisotopic (exact) mass is 354 g/mol. The van der Waals surface area contributed by atoms with Crippen LogP contribution < -0.4 is 21.3 Å². The molecule has 7 nitrogen and oxygen atoms in total. The van der Waals surface area contributed by atoms with E-state index in [4.69, 9.17) is 0 Å². The molecule has 1 atom stereocenters. The quantitative estimate of drug-likeness (QED) is 0.641. The first-order valence-corrected chi connectivity index (χ1v) is 8.22. The number of carbonyl (C=O) groups excluding carboxylic acids is 3. The molecule has 7 heteroatoms. The van der Waals surface area contributed by atoms with Gasteiger partial charge < -0.3 is 21.3 Å². The third kappa shape index (κ3) is 5.94. The Bertz CT molecular complexity index is 777. The summed E-state index contributed by atoms with van der Waals surface area (Å²) in [5.74, 6) is -0.453. The number of nitrogens with one attached hydrogen (secondary N) is 4. The maximum atomic E-state index is 12.2. The fraction of sp³-hybridized carbons (Fsp3) is 0.211. The highest BCUT2D eigenvalue weighted by atomic mass is 16.2. The lowest BCUT2D eigenvalue weighted by atomic mass is 10.1. The zero-order valence-electron chi connectivity index (χ0n) is 14.7. The lowest BCUT2D eigenvalue weighted by molar-refractivity contribution is -0.116. The van der Waals surface area contributed by atoms with Crippen molar-refractivity contribution in [1.82, 2.24) is 10.6 Å². The number of benzene rings is 2. The van der Waals surface area contributed by atoms with E-state index in [0.29, 0.717) is 16.9 Å². The Labute approximate surface area is 152 Å². The molecule has 0 aromatic heterocycles. The van der Waals surface area contributed by atoms with Crippen LogP contribution in [-0.4, -0.2) is 30.9 Å². The fourth-order valence-electron chi connectivity index (χ4n) is 2.31. The number of anilines is 2. The van der Waals surface area contributed by atoms with Crippen LogP contribution in [0.3, 0.4) is 0 Å². The number of rotatable bonds is 6. The molecule has 0 spiro atoms. The second-order valence-corrected chi connectivity index (χ2v) is 5.78. The van der Waals surface area contributed by atoms with Gasteiger partial charge in [-0.15, -0.1) is 0 Å². The van der Waals surface area contributed by atoms with Gasteiger partial charge in [0.05, 0.1) is 0 Å². The first-order valence-electron chi connectivity index (χ1n) is 8.22. The molecule has 0 saturated carbocycles. The molecule has 2 aromatic rings. The van der Waals surface area contributed by atoms with Crippen LogP contribution >= 0.6 is 0 Å². The molecular weight excluding hydrogens is 332 g/mol. The van der Waals surface area contributed by atoms with Gasteiger partial charge in [-0.3, -0.25) is 9.59 Å². The minimum absolute atomic E-state index is 0.131. The highest BCUT2D eigenvalue weighted by Crippen LogP contribution is 2.15. The van der Waals surface area contributed by atoms with Gasteiger partial charge in [-0.25, -0.2) is 4.79 Å². The van der Waals surface area contributed by atoms with Crippen molar-refractivity contribution < 1.29 is 14.4 Å². The van der Waals surface area contributed by atoms with Crippen LogP contribution in [0.25, 0.3) is 0 Å². The average molecular weight is 354 g/mol. The van der Waals surface area contributed by atoms with Gasteiger partial charge in [0.2, 0.25) is 5.91 Å². The van der Waals surface area contributed by atoms with Crippen LogP contribution in [0.4, 0.5) is 16.2 Å². The standard InChI is InChI=1S/C19H22N4O3/c1-13(21-18(25)14-7-4-3-5-8-14)11-17(24)22-15-9-6-10-16(12-15)23-19(26)20-2/h3-10,12-13H,11H2,1-2H3,(H,21,25)(H,22,24)(H2,20,23,26). The minimum atomic E-state index is -0.342. The van der Waals surface area contributed by atoms with Crippen LogP contribution in [0, 0.1) is 0 Å². The second kappa shape index (κ2) is 9.22. The van der Waals surface area contributed by atoms with Crippen LogP contribution in [0.5, 0.6) is 0 Å². The Hall–Kier alpha value is -3.35. The van der Waals surface area contributed by atoms with E-state index in [1.165, 1.54) is 7.05 Å². The van der Waals surface area contributed by atoms with Crippen molar-refractivity contribution in [3.05, 3.63) is 60.2 Å². The number of amides is 4. The fourth-order valence-corrected chi connectivity index (χ4v) is 2.31. The molecule has 1 unspecified atom stereocenters. The predicted octanol–water partition coefficient (Wildman–Crippen LogP) is 2.59. The predicted molar refractivity (Wildman–Crippen MR) is 101 cm³/mol. The molecule has 0 radical (unpaired) electrons. The first kappa shape index (κ1) is 19.0. The summed E-state index contributed by atoms with van der Waals surface area (Å²) < 4.78 is 0. The van der Waals surface area contributed by atoms with Gasteiger partial charge >= 0.3 is 6.03 Å². The number of urea groups is 1. The van der Waals surface area contributed by atoms with Crippen molar-refractivity contribution in [3.8, 4) is 0 Å². The average Bonchev–Trinajstić information content (AvgIpc) is 2.62. The van der Waals surface area contributed by atoms with E-state index >= 15 is 0 Å². The smallest absolute Gasteiger partial charge is 0.318 e. The van der Waals surface area contributed by atoms with Gasteiger partial charge in [-0.2, -0.15) is 0 Å². The number of hydrogen-bond acceptors (Lipinski definition) is 3. The van der Waals surface area contributed by atoms with Crippen molar-refractivity contribution in [2.45, 2.75) is 19.4 Å². The molecular formula is C19H22N4O3. The van der Waals surface area contributed by atoms with E-state index < -0.39 is 0 Å². The first-order chi connectivity index (χ1) is 12.5. The molecule has 0 heterocycles. The summed E-state index contributed by atoms with van der Waals surface area (Å²) in [7, 11) is 1.52. The molecule has 4 N–H and O–H groups in total. The van der Waals surface area contributed by atoms with Gasteiger partial charge in [-0.05, 0) is 37.3 Å². The maximum absolute atomic E-state index is 12.2. The normalized spacial score (nSPS) is 11.2. The van der Waals surface area contributed by atoms with Crippen LogP contribution in [0.1, 0.15) is 23.7 Å². The third-order valence-electron chi connectivity index (χ3n) is 3.54. The SMILES string of the molecule is CNC(=O)Nc1cccc(NC(=O)CC(C)NC(=O)c2ccccc2)c1. The Kier molecular flexibility index (Phi) is 6.73. The van der Waals surface area contributed by atoms with E-state index in [2.05, 4.69) is 21.3 Å². The van der Waals surface area contributed by atoms with E-state index in [0.717, 1.165) is 0 Å². The van der Waals surface area contributed by atoms with Crippen molar-refractivity contribution in [1.29, 1.82) is 0 Å². The highest BCUT2D eigenvalue weighted by Gasteiger charge is 2.13. The third-order valence-corrected chi connectivity index (χ3v) is 3.54. The van der Waals surface area contributed by atoms with Crippen LogP contribution in [-0.2, 0) is 4.79 Å². The molecule has 2 rings (SSSR count). The lowest BCUT2D eigenvalue weighted by Gasteiger charge is -2.14. The summed E-state index contributed by atoms with van der Waals surface area (Å²) in [6, 6.07) is 15.0. The zero-order valence-corrected chi connectivity index (χ0v) is 14.7. The molecule has 4 amide bonds. The largest absolute Gasteiger partial charge is 0.349 e. The second-order valence-electron chi connectivity index (χ2n) is 5.78. The molecule has 26 heavy (non-hydrogen) atoms. The zero-order chi connectivity index (χ0) is 18.9. The maximum Gasteiger partial charge on any atom is 0.318 e. The van der Waals surface area contributed by atoms with Gasteiger partial charge in [0.25, 0.3) is 5.91 Å². The van der Waals surface area contributed by atoms with E-state index in [9.17, 15) is 14.4 Å². The van der Waals surface area contributed by atoms with Crippen LogP contribution in [0.2, 0.25) is 0 Å². The van der Waals surface area contributed by atoms with Gasteiger partial charge in [0.15, 0.2) is 0 Å². The van der Waals surface area contributed by atoms with E-state index in [-0.39, 0.29) is 30.3 Å². The van der Waals surface area contributed by atoms with E-state index in [1.807, 2.05) is 6.07 Å². The molecule has 2 aromatic carbocycles. The summed E-state index contributed by atoms with van der Waals surface area (Å²) in [4.78, 5) is 35.6. The van der Waals surface area contributed by atoms with Gasteiger partial charge in [0.1, 0.15) is 0 Å². The Balaban J connectivity index is 1.87. The summed E-state index contributed by atoms with van der Waals surface area (Å²) in [5, 5.41) is 10.6. The van der Waals surface area contributed by atoms with Gasteiger partial charge in [-0.1, -0.05) is 24.3 Å². The molecule has 0 aliphatic rings. The summed E-state index contributed by atoms with van der Waals surface area (Å²) >= 11 is 0. The van der Waals surface area contributed by atoms with Crippen molar-refractivity contribution in [3.63, 3.8) is 0 Å². The molecule has 0 aliphatic heterocycles. The molecule has 0 fully saturated rings. The van der Waals surface area contributed by atoms with Crippen molar-refractivity contribution in [2.24, 2.45) is 0 Å². The van der Waals surface area contributed by atoms with Crippen molar-refractivity contribution in [2.75, 3.05) is 17.7 Å². The summed E-state index contributed by atoms with van der Waals surface area (Å²) in [6.07, 6.45) is 0.131. The minimum Gasteiger partial charge on any atom is -0.349 e. The summed E-state index contributed by atoms with van der Waals surface area (Å²) in [5.41, 5.74) is 1.67. The highest BCUT2D eigenvalue weighted by molar-refractivity contribution is 5.96. The topological polar surface area (TPSA) is 99.3 Å². The van der Waals surface area contributed by atoms with Crippen LogP contribution in [0.15, 0.2) is 54.6 Å². The van der Waals surface area contributed by atoms with Crippen molar-refractivity contribution >= 4 is 29.2 Å². The molecule has 136 valence electrons. The lowest BCUT2D eigenvalue weighted by Crippen LogP contribution is -2.35. The Morgan fingerprint density at radius 2 is 1.58 bits per heavy atom. The van der Waals surface area contributed by atoms with Gasteiger partial charge in [0, 0.05) is 36.4 Å². The molecule has 0 saturated heterocycles. The molecule has 0 bridgehead atoms. The Morgan fingerprint density at radius 3 is 2.23 bits per heavy atom. The summed E-state index contributed by atoms with van der Waals surface area (Å²) in [6.45, 7) is 1.77. The number of hydrogen-bond donors (Lipinski definition) is 4. The Morgan fingerprint density at radius 1 is 0.923 bits per heavy atom. The number of carbonyl (C=O) groups is 3. The molecule has 0 aliphatic carbocycles. The van der Waals surface area contributed by atoms with E-state index in [1.54, 1.807) is 55.5 Å².